The van der Waals surface area contributed by atoms with Crippen LogP contribution in [0.5, 0.6) is 0 Å². The summed E-state index contributed by atoms with van der Waals surface area (Å²) in [7, 11) is -3.32. The fraction of sp³-hybridized carbons (Fsp3) is 0.235. The van der Waals surface area contributed by atoms with Crippen LogP contribution in [0, 0.1) is 6.92 Å². The van der Waals surface area contributed by atoms with Gasteiger partial charge < -0.3 is 5.32 Å². The lowest BCUT2D eigenvalue weighted by Crippen LogP contribution is -2.25. The molecule has 1 N–H and O–H groups in total. The molecule has 2 aromatic carbocycles. The molecule has 2 aromatic rings. The van der Waals surface area contributed by atoms with Gasteiger partial charge in [0, 0.05) is 17.3 Å². The third-order valence-electron chi connectivity index (χ3n) is 3.88. The van der Waals surface area contributed by atoms with E-state index in [9.17, 15) is 13.2 Å². The molecule has 1 saturated heterocycles. The van der Waals surface area contributed by atoms with E-state index in [0.29, 0.717) is 29.4 Å². The highest BCUT2D eigenvalue weighted by Crippen LogP contribution is 2.29. The van der Waals surface area contributed by atoms with Crippen LogP contribution in [-0.2, 0) is 10.0 Å². The molecule has 0 unspecified atom stereocenters. The summed E-state index contributed by atoms with van der Waals surface area (Å²) in [6.45, 7) is 2.27. The van der Waals surface area contributed by atoms with Crippen LogP contribution in [0.1, 0.15) is 22.3 Å². The molecule has 0 aromatic heterocycles. The lowest BCUT2D eigenvalue weighted by atomic mass is 10.1. The lowest BCUT2D eigenvalue weighted by Gasteiger charge is -2.18. The maximum absolute atomic E-state index is 12.6. The Balaban J connectivity index is 1.91. The maximum atomic E-state index is 12.6. The van der Waals surface area contributed by atoms with Crippen LogP contribution in [-0.4, -0.2) is 26.6 Å². The van der Waals surface area contributed by atoms with Crippen LogP contribution < -0.4 is 9.62 Å². The highest BCUT2D eigenvalue weighted by atomic mass is 35.5. The van der Waals surface area contributed by atoms with Gasteiger partial charge in [-0.1, -0.05) is 23.2 Å². The third kappa shape index (κ3) is 3.92. The van der Waals surface area contributed by atoms with Crippen molar-refractivity contribution in [2.75, 3.05) is 21.9 Å². The number of amides is 1. The average Bonchev–Trinajstić information content (AvgIpc) is 2.86. The van der Waals surface area contributed by atoms with Crippen LogP contribution >= 0.6 is 23.2 Å². The number of benzene rings is 2. The van der Waals surface area contributed by atoms with E-state index in [4.69, 9.17) is 23.2 Å². The van der Waals surface area contributed by atoms with Gasteiger partial charge in [0.15, 0.2) is 0 Å². The molecule has 0 atom stereocenters. The number of carbonyl (C=O) groups is 1. The maximum Gasteiger partial charge on any atom is 0.257 e. The van der Waals surface area contributed by atoms with E-state index in [1.165, 1.54) is 16.4 Å². The van der Waals surface area contributed by atoms with Crippen LogP contribution in [0.3, 0.4) is 0 Å². The van der Waals surface area contributed by atoms with Gasteiger partial charge in [0.25, 0.3) is 5.91 Å². The van der Waals surface area contributed by atoms with Gasteiger partial charge in [-0.2, -0.15) is 0 Å². The largest absolute Gasteiger partial charge is 0.322 e. The van der Waals surface area contributed by atoms with Crippen molar-refractivity contribution < 1.29 is 13.2 Å². The second-order valence-electron chi connectivity index (χ2n) is 5.88. The van der Waals surface area contributed by atoms with Crippen molar-refractivity contribution in [1.29, 1.82) is 0 Å². The fourth-order valence-electron chi connectivity index (χ4n) is 2.78. The minimum Gasteiger partial charge on any atom is -0.322 e. The Morgan fingerprint density at radius 2 is 1.92 bits per heavy atom. The number of anilines is 2. The van der Waals surface area contributed by atoms with Gasteiger partial charge in [0.1, 0.15) is 0 Å². The molecule has 0 radical (unpaired) electrons. The zero-order chi connectivity index (χ0) is 18.2. The molecule has 1 fully saturated rings. The van der Waals surface area contributed by atoms with Crippen LogP contribution in [0.4, 0.5) is 11.4 Å². The van der Waals surface area contributed by atoms with Crippen LogP contribution in [0.2, 0.25) is 10.0 Å². The predicted octanol–water partition coefficient (Wildman–Crippen LogP) is 4.09. The molecule has 25 heavy (non-hydrogen) atoms. The summed E-state index contributed by atoms with van der Waals surface area (Å²) in [6, 6.07) is 9.83. The molecule has 132 valence electrons. The minimum absolute atomic E-state index is 0.110. The SMILES string of the molecule is Cc1cc(Cl)cc(NC(=O)c2cc(N3CCCS3(=O)=O)ccc2Cl)c1. The van der Waals surface area contributed by atoms with Gasteiger partial charge in [-0.05, 0) is 55.3 Å². The normalized spacial score (nSPS) is 16.0. The summed E-state index contributed by atoms with van der Waals surface area (Å²) in [5.41, 5.74) is 2.10. The van der Waals surface area contributed by atoms with Crippen LogP contribution in [0.15, 0.2) is 36.4 Å². The third-order valence-corrected chi connectivity index (χ3v) is 6.30. The molecule has 1 aliphatic heterocycles. The van der Waals surface area contributed by atoms with E-state index < -0.39 is 15.9 Å². The summed E-state index contributed by atoms with van der Waals surface area (Å²) in [5.74, 6) is -0.316. The minimum atomic E-state index is -3.32. The van der Waals surface area contributed by atoms with Gasteiger partial charge in [-0.3, -0.25) is 9.10 Å². The number of sulfonamides is 1. The molecule has 0 aliphatic carbocycles. The molecule has 1 heterocycles. The predicted molar refractivity (Wildman–Crippen MR) is 101 cm³/mol. The Labute approximate surface area is 156 Å². The van der Waals surface area contributed by atoms with Crippen molar-refractivity contribution in [3.05, 3.63) is 57.6 Å². The summed E-state index contributed by atoms with van der Waals surface area (Å²) in [6.07, 6.45) is 0.564. The molecule has 5 nitrogen and oxygen atoms in total. The molecular weight excluding hydrogens is 383 g/mol. The molecule has 0 bridgehead atoms. The number of hydrogen-bond donors (Lipinski definition) is 1. The van der Waals surface area contributed by atoms with Crippen molar-refractivity contribution in [3.63, 3.8) is 0 Å². The Bertz CT molecular complexity index is 925. The van der Waals surface area contributed by atoms with Gasteiger partial charge in [-0.25, -0.2) is 8.42 Å². The Kier molecular flexibility index (Phi) is 4.95. The van der Waals surface area contributed by atoms with E-state index in [0.717, 1.165) is 5.56 Å². The zero-order valence-electron chi connectivity index (χ0n) is 13.4. The topological polar surface area (TPSA) is 66.5 Å². The Morgan fingerprint density at radius 1 is 1.16 bits per heavy atom. The second-order valence-corrected chi connectivity index (χ2v) is 8.73. The first-order valence-corrected chi connectivity index (χ1v) is 10.0. The Morgan fingerprint density at radius 3 is 2.56 bits per heavy atom. The van der Waals surface area contributed by atoms with Crippen LogP contribution in [0.25, 0.3) is 0 Å². The lowest BCUT2D eigenvalue weighted by molar-refractivity contribution is 0.102. The first-order chi connectivity index (χ1) is 11.8. The van der Waals surface area contributed by atoms with Crippen molar-refractivity contribution in [2.24, 2.45) is 0 Å². The molecule has 3 rings (SSSR count). The summed E-state index contributed by atoms with van der Waals surface area (Å²) < 4.78 is 25.5. The van der Waals surface area contributed by atoms with Crippen molar-refractivity contribution in [1.82, 2.24) is 0 Å². The molecule has 8 heteroatoms. The molecule has 1 aliphatic rings. The molecular formula is C17H16Cl2N2O3S. The van der Waals surface area contributed by atoms with E-state index >= 15 is 0 Å². The Hall–Kier alpha value is -1.76. The zero-order valence-corrected chi connectivity index (χ0v) is 15.7. The van der Waals surface area contributed by atoms with Crippen molar-refractivity contribution >= 4 is 50.5 Å². The highest BCUT2D eigenvalue weighted by Gasteiger charge is 2.29. The quantitative estimate of drug-likeness (QED) is 0.846. The monoisotopic (exact) mass is 398 g/mol. The van der Waals surface area contributed by atoms with E-state index in [1.54, 1.807) is 24.3 Å². The standard InChI is InChI=1S/C17H16Cl2N2O3S/c1-11-7-12(18)9-13(8-11)20-17(22)15-10-14(3-4-16(15)19)21-5-2-6-25(21,23)24/h3-4,7-10H,2,5-6H2,1H3,(H,20,22). The number of hydrogen-bond acceptors (Lipinski definition) is 3. The summed E-state index contributed by atoms with van der Waals surface area (Å²) in [4.78, 5) is 12.6. The van der Waals surface area contributed by atoms with Gasteiger partial charge in [0.2, 0.25) is 10.0 Å². The molecule has 0 spiro atoms. The highest BCUT2D eigenvalue weighted by molar-refractivity contribution is 7.93. The first kappa shape index (κ1) is 18.0. The average molecular weight is 399 g/mol. The van der Waals surface area contributed by atoms with Gasteiger partial charge in [0.05, 0.1) is 22.0 Å². The smallest absolute Gasteiger partial charge is 0.257 e. The fourth-order valence-corrected chi connectivity index (χ4v) is 4.83. The van der Waals surface area contributed by atoms with E-state index in [-0.39, 0.29) is 16.3 Å². The number of rotatable bonds is 3. The van der Waals surface area contributed by atoms with Gasteiger partial charge >= 0.3 is 0 Å². The number of nitrogens with one attached hydrogen (secondary N) is 1. The van der Waals surface area contributed by atoms with E-state index in [2.05, 4.69) is 5.32 Å². The van der Waals surface area contributed by atoms with Crippen molar-refractivity contribution in [2.45, 2.75) is 13.3 Å². The molecule has 1 amide bonds. The summed E-state index contributed by atoms with van der Waals surface area (Å²) >= 11 is 12.1. The number of carbonyl (C=O) groups excluding carboxylic acids is 1. The second kappa shape index (κ2) is 6.86. The number of nitrogens with zero attached hydrogens (tertiary/aromatic N) is 1. The summed E-state index contributed by atoms with van der Waals surface area (Å²) in [5, 5.41) is 3.50. The van der Waals surface area contributed by atoms with E-state index in [1.807, 2.05) is 6.92 Å². The number of aryl methyl sites for hydroxylation is 1. The van der Waals surface area contributed by atoms with Gasteiger partial charge in [-0.15, -0.1) is 0 Å². The first-order valence-electron chi connectivity index (χ1n) is 7.65. The number of halogens is 2. The molecule has 0 saturated carbocycles. The van der Waals surface area contributed by atoms with Crippen molar-refractivity contribution in [3.8, 4) is 0 Å².